The molecule has 0 aliphatic heterocycles. The number of esters is 1. The first-order valence-corrected chi connectivity index (χ1v) is 16.6. The van der Waals surface area contributed by atoms with Crippen LogP contribution in [0.5, 0.6) is 0 Å². The van der Waals surface area contributed by atoms with Crippen LogP contribution in [0.2, 0.25) is 0 Å². The van der Waals surface area contributed by atoms with E-state index in [1.165, 1.54) is 6.20 Å². The van der Waals surface area contributed by atoms with Gasteiger partial charge in [0.2, 0.25) is 17.5 Å². The maximum absolute atomic E-state index is 14.8. The quantitative estimate of drug-likeness (QED) is 0.0513. The summed E-state index contributed by atoms with van der Waals surface area (Å²) in [5.41, 5.74) is 2.63. The minimum atomic E-state index is -5.51. The molecule has 12 nitrogen and oxygen atoms in total. The van der Waals surface area contributed by atoms with Gasteiger partial charge in [0.1, 0.15) is 23.6 Å². The zero-order valence-electron chi connectivity index (χ0n) is 27.8. The van der Waals surface area contributed by atoms with Gasteiger partial charge < -0.3 is 30.4 Å². The van der Waals surface area contributed by atoms with Crippen LogP contribution in [0.1, 0.15) is 44.5 Å². The minimum Gasteiger partial charge on any atom is -0.428 e. The molecule has 1 heterocycles. The second-order valence-electron chi connectivity index (χ2n) is 12.6. The SMILES string of the molecule is CC(C)(C)[C@H](c1nc(-c2cc(F)ccc2F)cn1Cc1ccccc1)[C@H](O)C(=O)NCC[C@](N)(OC(=O)C(F)(F)F)C(=O)NCCNC(=O)CBr. The van der Waals surface area contributed by atoms with Crippen molar-refractivity contribution in [3.63, 3.8) is 0 Å². The molecule has 3 amide bonds. The summed E-state index contributed by atoms with van der Waals surface area (Å²) >= 11 is 2.92. The average Bonchev–Trinajstić information content (AvgIpc) is 3.45. The highest BCUT2D eigenvalue weighted by molar-refractivity contribution is 9.09. The van der Waals surface area contributed by atoms with Crippen LogP contribution in [0.25, 0.3) is 11.3 Å². The highest BCUT2D eigenvalue weighted by Crippen LogP contribution is 2.39. The van der Waals surface area contributed by atoms with E-state index in [0.29, 0.717) is 0 Å². The fourth-order valence-electron chi connectivity index (χ4n) is 5.05. The highest BCUT2D eigenvalue weighted by atomic mass is 79.9. The number of nitrogens with one attached hydrogen (secondary N) is 3. The molecular weight excluding hydrogens is 751 g/mol. The van der Waals surface area contributed by atoms with Crippen LogP contribution in [-0.2, 0) is 30.5 Å². The van der Waals surface area contributed by atoms with Gasteiger partial charge in [-0.3, -0.25) is 20.1 Å². The Labute approximate surface area is 298 Å². The molecule has 6 N–H and O–H groups in total. The molecule has 0 spiro atoms. The topological polar surface area (TPSA) is 178 Å². The summed E-state index contributed by atoms with van der Waals surface area (Å²) in [6, 6.07) is 11.8. The van der Waals surface area contributed by atoms with Crippen LogP contribution in [0.4, 0.5) is 22.0 Å². The van der Waals surface area contributed by atoms with Crippen LogP contribution in [0, 0.1) is 17.0 Å². The van der Waals surface area contributed by atoms with Gasteiger partial charge in [-0.05, 0) is 29.2 Å². The number of ether oxygens (including phenoxy) is 1. The molecule has 0 saturated heterocycles. The van der Waals surface area contributed by atoms with E-state index < -0.39 is 77.6 Å². The lowest BCUT2D eigenvalue weighted by atomic mass is 9.76. The molecule has 18 heteroatoms. The number of nitrogens with two attached hydrogens (primary N) is 1. The zero-order chi connectivity index (χ0) is 38.1. The number of aromatic nitrogens is 2. The lowest BCUT2D eigenvalue weighted by Gasteiger charge is -2.34. The maximum atomic E-state index is 14.8. The summed E-state index contributed by atoms with van der Waals surface area (Å²) in [6.07, 6.45) is -6.79. The largest absolute Gasteiger partial charge is 0.491 e. The van der Waals surface area contributed by atoms with E-state index in [4.69, 9.17) is 5.73 Å². The van der Waals surface area contributed by atoms with Gasteiger partial charge in [0.25, 0.3) is 5.91 Å². The fraction of sp³-hybridized carbons (Fsp3) is 0.424. The summed E-state index contributed by atoms with van der Waals surface area (Å²) in [6.45, 7) is 4.18. The number of nitrogens with zero attached hydrogens (tertiary/aromatic N) is 2. The molecule has 0 bridgehead atoms. The molecule has 3 atom stereocenters. The number of hydrogen-bond donors (Lipinski definition) is 5. The van der Waals surface area contributed by atoms with Gasteiger partial charge in [-0.25, -0.2) is 18.6 Å². The maximum Gasteiger partial charge on any atom is 0.491 e. The van der Waals surface area contributed by atoms with Crippen molar-refractivity contribution in [1.29, 1.82) is 0 Å². The molecular formula is C33H38BrF5N6O6. The van der Waals surface area contributed by atoms with E-state index in [-0.39, 0.29) is 42.0 Å². The number of halogens is 6. The second-order valence-corrected chi connectivity index (χ2v) is 13.1. The first-order valence-electron chi connectivity index (χ1n) is 15.5. The number of carbonyl (C=O) groups is 4. The van der Waals surface area contributed by atoms with Crippen LogP contribution in [0.15, 0.2) is 54.7 Å². The number of benzene rings is 2. The number of rotatable bonds is 15. The lowest BCUT2D eigenvalue weighted by Crippen LogP contribution is -2.60. The predicted molar refractivity (Wildman–Crippen MR) is 178 cm³/mol. The third kappa shape index (κ3) is 11.3. The zero-order valence-corrected chi connectivity index (χ0v) is 29.4. The number of aliphatic hydroxyl groups is 1. The Morgan fingerprint density at radius 2 is 1.63 bits per heavy atom. The van der Waals surface area contributed by atoms with Crippen LogP contribution in [0.3, 0.4) is 0 Å². The molecule has 0 radical (unpaired) electrons. The summed E-state index contributed by atoms with van der Waals surface area (Å²) in [5.74, 6) is -8.07. The van der Waals surface area contributed by atoms with Crippen molar-refractivity contribution in [3.8, 4) is 11.3 Å². The first kappa shape index (κ1) is 41.0. The molecule has 3 rings (SSSR count). The Bertz CT molecular complexity index is 1700. The highest BCUT2D eigenvalue weighted by Gasteiger charge is 2.48. The van der Waals surface area contributed by atoms with Crippen molar-refractivity contribution in [3.05, 3.63) is 77.8 Å². The molecule has 3 aromatic rings. The van der Waals surface area contributed by atoms with Gasteiger partial charge in [0.15, 0.2) is 0 Å². The van der Waals surface area contributed by atoms with Crippen LogP contribution >= 0.6 is 15.9 Å². The fourth-order valence-corrected chi connectivity index (χ4v) is 5.25. The van der Waals surface area contributed by atoms with E-state index in [2.05, 4.69) is 41.6 Å². The number of carbonyl (C=O) groups excluding carboxylic acids is 4. The Hall–Kier alpha value is -4.42. The van der Waals surface area contributed by atoms with Gasteiger partial charge in [-0.2, -0.15) is 13.2 Å². The number of hydrogen-bond acceptors (Lipinski definition) is 8. The van der Waals surface area contributed by atoms with Crippen molar-refractivity contribution in [2.45, 2.75) is 57.7 Å². The Morgan fingerprint density at radius 3 is 2.24 bits per heavy atom. The normalized spacial score (nSPS) is 14.2. The van der Waals surface area contributed by atoms with Crippen molar-refractivity contribution in [2.24, 2.45) is 11.1 Å². The van der Waals surface area contributed by atoms with Crippen LogP contribution < -0.4 is 21.7 Å². The first-order chi connectivity index (χ1) is 23.8. The Morgan fingerprint density at radius 1 is 0.980 bits per heavy atom. The van der Waals surface area contributed by atoms with Gasteiger partial charge in [0, 0.05) is 44.4 Å². The molecule has 0 unspecified atom stereocenters. The Balaban J connectivity index is 1.88. The number of imidazole rings is 1. The van der Waals surface area contributed by atoms with Gasteiger partial charge >= 0.3 is 12.1 Å². The molecule has 0 saturated carbocycles. The van der Waals surface area contributed by atoms with Crippen molar-refractivity contribution in [2.75, 3.05) is 25.0 Å². The lowest BCUT2D eigenvalue weighted by molar-refractivity contribution is -0.214. The molecule has 0 aliphatic carbocycles. The van der Waals surface area contributed by atoms with E-state index >= 15 is 0 Å². The van der Waals surface area contributed by atoms with E-state index in [1.54, 1.807) is 43.5 Å². The van der Waals surface area contributed by atoms with Crippen molar-refractivity contribution >= 4 is 39.6 Å². The van der Waals surface area contributed by atoms with E-state index in [9.17, 15) is 46.2 Å². The number of alkyl halides is 4. The molecule has 2 aromatic carbocycles. The third-order valence-electron chi connectivity index (χ3n) is 7.54. The third-order valence-corrected chi connectivity index (χ3v) is 8.05. The van der Waals surface area contributed by atoms with Gasteiger partial charge in [0.05, 0.1) is 16.9 Å². The summed E-state index contributed by atoms with van der Waals surface area (Å²) < 4.78 is 74.1. The minimum absolute atomic E-state index is 0.0250. The second kappa shape index (κ2) is 17.2. The number of amides is 3. The van der Waals surface area contributed by atoms with E-state index in [0.717, 1.165) is 23.8 Å². The van der Waals surface area contributed by atoms with Gasteiger partial charge in [-0.1, -0.05) is 67.0 Å². The monoisotopic (exact) mass is 788 g/mol. The van der Waals surface area contributed by atoms with Crippen LogP contribution in [-0.4, -0.2) is 81.3 Å². The Kier molecular flexibility index (Phi) is 13.8. The molecule has 278 valence electrons. The van der Waals surface area contributed by atoms with E-state index in [1.807, 2.05) is 12.1 Å². The molecule has 0 aliphatic rings. The summed E-state index contributed by atoms with van der Waals surface area (Å²) in [5, 5.41) is 18.3. The average molecular weight is 790 g/mol. The molecule has 51 heavy (non-hydrogen) atoms. The van der Waals surface area contributed by atoms with Crippen molar-refractivity contribution < 1.29 is 51.0 Å². The molecule has 0 fully saturated rings. The predicted octanol–water partition coefficient (Wildman–Crippen LogP) is 3.26. The van der Waals surface area contributed by atoms with Gasteiger partial charge in [-0.15, -0.1) is 0 Å². The smallest absolute Gasteiger partial charge is 0.428 e. The molecule has 1 aromatic heterocycles. The summed E-state index contributed by atoms with van der Waals surface area (Å²) in [7, 11) is 0. The summed E-state index contributed by atoms with van der Waals surface area (Å²) in [4.78, 5) is 53.8. The standard InChI is InChI=1S/C33H38BrF5N6O6/c1-31(2,3)25(27-44-23(21-15-20(35)9-10-22(21)36)18-45(27)17-19-7-5-4-6-8-19)26(47)28(48)42-12-11-32(40,51-30(50)33(37,38)39)29(49)43-14-13-41-24(46)16-34/h4-10,15,18,25-26,47H,11-14,16-17,40H2,1-3H3,(H,41,46)(H,42,48)(H,43,49)/t25-,26-,32-/m0/s1. The van der Waals surface area contributed by atoms with Crippen molar-refractivity contribution in [1.82, 2.24) is 25.5 Å². The number of aliphatic hydroxyl groups excluding tert-OH is 1.